The van der Waals surface area contributed by atoms with Crippen molar-refractivity contribution in [3.63, 3.8) is 0 Å². The van der Waals surface area contributed by atoms with Crippen LogP contribution in [0.5, 0.6) is 0 Å². The molecule has 2 N–H and O–H groups in total. The Bertz CT molecular complexity index is 466. The summed E-state index contributed by atoms with van der Waals surface area (Å²) in [4.78, 5) is 22.6. The van der Waals surface area contributed by atoms with E-state index in [1.54, 1.807) is 0 Å². The lowest BCUT2D eigenvalue weighted by Gasteiger charge is -2.10. The van der Waals surface area contributed by atoms with Gasteiger partial charge in [0, 0.05) is 0 Å². The van der Waals surface area contributed by atoms with Gasteiger partial charge in [-0.3, -0.25) is 10.1 Å². The van der Waals surface area contributed by atoms with Crippen molar-refractivity contribution in [2.24, 2.45) is 0 Å². The fourth-order valence-electron chi connectivity index (χ4n) is 1.83. The Morgan fingerprint density at radius 3 is 2.53 bits per heavy atom. The lowest BCUT2D eigenvalue weighted by molar-refractivity contribution is -0.119. The molecule has 4 nitrogen and oxygen atoms in total. The van der Waals surface area contributed by atoms with E-state index < -0.39 is 12.1 Å². The van der Waals surface area contributed by atoms with E-state index >= 15 is 0 Å². The van der Waals surface area contributed by atoms with Crippen molar-refractivity contribution < 1.29 is 9.59 Å². The quantitative estimate of drug-likeness (QED) is 0.776. The van der Waals surface area contributed by atoms with Crippen LogP contribution in [-0.4, -0.2) is 18.0 Å². The van der Waals surface area contributed by atoms with Gasteiger partial charge >= 0.3 is 6.03 Å². The van der Waals surface area contributed by atoms with E-state index in [0.29, 0.717) is 6.42 Å². The first-order chi connectivity index (χ1) is 8.20. The van der Waals surface area contributed by atoms with Crippen LogP contribution in [0.4, 0.5) is 4.79 Å². The smallest absolute Gasteiger partial charge is 0.322 e. The second-order valence-electron chi connectivity index (χ2n) is 3.88. The van der Waals surface area contributed by atoms with Gasteiger partial charge in [0.15, 0.2) is 0 Å². The van der Waals surface area contributed by atoms with Crippen molar-refractivity contribution in [2.75, 3.05) is 0 Å². The van der Waals surface area contributed by atoms with Gasteiger partial charge in [-0.15, -0.1) is 0 Å². The maximum atomic E-state index is 11.5. The Morgan fingerprint density at radius 2 is 2.00 bits per heavy atom. The predicted octanol–water partition coefficient (Wildman–Crippen LogP) is 1.69. The Morgan fingerprint density at radius 1 is 1.29 bits per heavy atom. The molecular weight excluding hydrogens is 216 g/mol. The zero-order valence-electron chi connectivity index (χ0n) is 9.57. The first kappa shape index (κ1) is 11.4. The van der Waals surface area contributed by atoms with E-state index in [0.717, 1.165) is 11.1 Å². The summed E-state index contributed by atoms with van der Waals surface area (Å²) in [6.07, 6.45) is 2.66. The molecule has 1 fully saturated rings. The molecule has 1 aliphatic heterocycles. The Kier molecular flexibility index (Phi) is 3.23. The summed E-state index contributed by atoms with van der Waals surface area (Å²) in [6.45, 7) is 1.96. The topological polar surface area (TPSA) is 58.2 Å². The Labute approximate surface area is 99.7 Å². The molecule has 0 aromatic heterocycles. The number of carbonyl (C=O) groups is 2. The molecule has 0 spiro atoms. The van der Waals surface area contributed by atoms with Gasteiger partial charge in [-0.25, -0.2) is 4.79 Å². The first-order valence-electron chi connectivity index (χ1n) is 5.57. The summed E-state index contributed by atoms with van der Waals surface area (Å²) in [5.74, 6) is -0.279. The summed E-state index contributed by atoms with van der Waals surface area (Å²) >= 11 is 0. The van der Waals surface area contributed by atoms with Gasteiger partial charge in [0.25, 0.3) is 5.91 Å². The molecule has 0 saturated carbocycles. The van der Waals surface area contributed by atoms with Crippen LogP contribution < -0.4 is 10.6 Å². The highest BCUT2D eigenvalue weighted by Crippen LogP contribution is 2.15. The number of imide groups is 1. The average Bonchev–Trinajstić information content (AvgIpc) is 2.67. The normalized spacial score (nSPS) is 20.1. The van der Waals surface area contributed by atoms with Gasteiger partial charge in [-0.2, -0.15) is 0 Å². The highest BCUT2D eigenvalue weighted by molar-refractivity contribution is 6.06. The van der Waals surface area contributed by atoms with E-state index in [9.17, 15) is 9.59 Å². The maximum absolute atomic E-state index is 11.5. The van der Waals surface area contributed by atoms with Gasteiger partial charge in [0.1, 0.15) is 6.04 Å². The van der Waals surface area contributed by atoms with Gasteiger partial charge in [-0.05, 0) is 17.6 Å². The van der Waals surface area contributed by atoms with Gasteiger partial charge in [0.05, 0.1) is 0 Å². The molecule has 1 aromatic rings. The fourth-order valence-corrected chi connectivity index (χ4v) is 1.83. The third-order valence-corrected chi connectivity index (χ3v) is 2.71. The maximum Gasteiger partial charge on any atom is 0.322 e. The van der Waals surface area contributed by atoms with Crippen LogP contribution in [0.3, 0.4) is 0 Å². The monoisotopic (exact) mass is 230 g/mol. The van der Waals surface area contributed by atoms with Crippen LogP contribution in [0.2, 0.25) is 0 Å². The van der Waals surface area contributed by atoms with Crippen LogP contribution in [0.25, 0.3) is 6.08 Å². The van der Waals surface area contributed by atoms with E-state index in [2.05, 4.69) is 10.6 Å². The molecular formula is C13H14N2O2. The van der Waals surface area contributed by atoms with Crippen LogP contribution in [0.15, 0.2) is 35.9 Å². The van der Waals surface area contributed by atoms with Crippen molar-refractivity contribution in [3.8, 4) is 0 Å². The highest BCUT2D eigenvalue weighted by Gasteiger charge is 2.31. The summed E-state index contributed by atoms with van der Waals surface area (Å²) < 4.78 is 0. The number of carbonyl (C=O) groups excluding carboxylic acids is 2. The lowest BCUT2D eigenvalue weighted by atomic mass is 10.0. The number of rotatable bonds is 3. The molecule has 1 unspecified atom stereocenters. The summed E-state index contributed by atoms with van der Waals surface area (Å²) in [6, 6.07) is 8.78. The molecule has 88 valence electrons. The van der Waals surface area contributed by atoms with Crippen molar-refractivity contribution in [1.82, 2.24) is 10.6 Å². The van der Waals surface area contributed by atoms with Crippen LogP contribution >= 0.6 is 0 Å². The molecule has 1 saturated heterocycles. The molecule has 1 aromatic carbocycles. The standard InChI is InChI=1S/C13H14N2O2/c1-2-10(8-9-6-4-3-5-7-9)11-12(16)15-13(17)14-11/h3-8,11H,2H2,1H3,(H2,14,15,16,17). The Balaban J connectivity index is 2.25. The second kappa shape index (κ2) is 4.82. The van der Waals surface area contributed by atoms with Gasteiger partial charge < -0.3 is 5.32 Å². The third-order valence-electron chi connectivity index (χ3n) is 2.71. The molecule has 1 atom stereocenters. The number of hydrogen-bond donors (Lipinski definition) is 2. The molecule has 1 heterocycles. The van der Waals surface area contributed by atoms with Crippen LogP contribution in [-0.2, 0) is 4.79 Å². The van der Waals surface area contributed by atoms with Crippen LogP contribution in [0, 0.1) is 0 Å². The number of amides is 3. The van der Waals surface area contributed by atoms with E-state index in [1.807, 2.05) is 43.3 Å². The number of urea groups is 1. The van der Waals surface area contributed by atoms with E-state index in [4.69, 9.17) is 0 Å². The minimum absolute atomic E-state index is 0.279. The van der Waals surface area contributed by atoms with Crippen molar-refractivity contribution in [3.05, 3.63) is 41.5 Å². The SMILES string of the molecule is CCC(=Cc1ccccc1)C1NC(=O)NC1=O. The van der Waals surface area contributed by atoms with Crippen LogP contribution in [0.1, 0.15) is 18.9 Å². The minimum atomic E-state index is -0.535. The van der Waals surface area contributed by atoms with Crippen molar-refractivity contribution in [1.29, 1.82) is 0 Å². The van der Waals surface area contributed by atoms with E-state index in [-0.39, 0.29) is 5.91 Å². The van der Waals surface area contributed by atoms with Crippen molar-refractivity contribution >= 4 is 18.0 Å². The van der Waals surface area contributed by atoms with Crippen molar-refractivity contribution in [2.45, 2.75) is 19.4 Å². The zero-order chi connectivity index (χ0) is 12.3. The number of hydrogen-bond acceptors (Lipinski definition) is 2. The minimum Gasteiger partial charge on any atom is -0.322 e. The summed E-state index contributed by atoms with van der Waals surface area (Å²) in [5, 5.41) is 4.84. The molecule has 0 bridgehead atoms. The number of nitrogens with one attached hydrogen (secondary N) is 2. The lowest BCUT2D eigenvalue weighted by Crippen LogP contribution is -2.30. The average molecular weight is 230 g/mol. The molecule has 0 radical (unpaired) electrons. The fraction of sp³-hybridized carbons (Fsp3) is 0.231. The molecule has 1 aliphatic rings. The Hall–Kier alpha value is -2.10. The molecule has 3 amide bonds. The number of benzene rings is 1. The molecule has 17 heavy (non-hydrogen) atoms. The predicted molar refractivity (Wildman–Crippen MR) is 65.2 cm³/mol. The highest BCUT2D eigenvalue weighted by atomic mass is 16.2. The summed E-state index contributed by atoms with van der Waals surface area (Å²) in [5.41, 5.74) is 1.93. The van der Waals surface area contributed by atoms with Gasteiger partial charge in [-0.1, -0.05) is 43.3 Å². The third kappa shape index (κ3) is 2.53. The van der Waals surface area contributed by atoms with E-state index in [1.165, 1.54) is 0 Å². The zero-order valence-corrected chi connectivity index (χ0v) is 9.57. The summed E-state index contributed by atoms with van der Waals surface area (Å²) in [7, 11) is 0. The molecule has 0 aliphatic carbocycles. The second-order valence-corrected chi connectivity index (χ2v) is 3.88. The largest absolute Gasteiger partial charge is 0.322 e. The molecule has 4 heteroatoms. The first-order valence-corrected chi connectivity index (χ1v) is 5.57. The molecule has 2 rings (SSSR count). The van der Waals surface area contributed by atoms with Gasteiger partial charge in [0.2, 0.25) is 0 Å².